The first-order valence-electron chi connectivity index (χ1n) is 3.98. The van der Waals surface area contributed by atoms with E-state index in [9.17, 15) is 10.2 Å². The first-order chi connectivity index (χ1) is 6.56. The number of rotatable bonds is 3. The summed E-state index contributed by atoms with van der Waals surface area (Å²) in [6.07, 6.45) is -1.96. The summed E-state index contributed by atoms with van der Waals surface area (Å²) in [7, 11) is 0. The summed E-state index contributed by atoms with van der Waals surface area (Å²) < 4.78 is 0. The molecule has 0 aliphatic rings. The lowest BCUT2D eigenvalue weighted by atomic mass is 10.1. The molecule has 1 aromatic rings. The van der Waals surface area contributed by atoms with Crippen molar-refractivity contribution in [2.75, 3.05) is 5.75 Å². The standard InChI is InChI=1S/C9H10Cl2O2S/c10-5-1-2-6(7(11)3-5)9(13)8(12)4-14/h1-3,8-9,12-14H,4H2. The van der Waals surface area contributed by atoms with Gasteiger partial charge in [-0.05, 0) is 12.1 Å². The second-order valence-electron chi connectivity index (χ2n) is 2.86. The van der Waals surface area contributed by atoms with E-state index in [2.05, 4.69) is 12.6 Å². The minimum atomic E-state index is -1.03. The third kappa shape index (κ3) is 2.78. The van der Waals surface area contributed by atoms with E-state index in [1.165, 1.54) is 6.07 Å². The van der Waals surface area contributed by atoms with Gasteiger partial charge in [-0.3, -0.25) is 0 Å². The number of hydrogen-bond acceptors (Lipinski definition) is 3. The molecule has 0 heterocycles. The molecule has 2 atom stereocenters. The fraction of sp³-hybridized carbons (Fsp3) is 0.333. The van der Waals surface area contributed by atoms with Crippen molar-refractivity contribution < 1.29 is 10.2 Å². The fourth-order valence-corrected chi connectivity index (χ4v) is 1.77. The topological polar surface area (TPSA) is 40.5 Å². The Hall–Kier alpha value is 0.0700. The van der Waals surface area contributed by atoms with E-state index >= 15 is 0 Å². The van der Waals surface area contributed by atoms with Gasteiger partial charge in [0.15, 0.2) is 0 Å². The highest BCUT2D eigenvalue weighted by molar-refractivity contribution is 7.80. The summed E-state index contributed by atoms with van der Waals surface area (Å²) in [6, 6.07) is 4.71. The van der Waals surface area contributed by atoms with Crippen molar-refractivity contribution in [3.05, 3.63) is 33.8 Å². The van der Waals surface area contributed by atoms with Crippen molar-refractivity contribution in [1.82, 2.24) is 0 Å². The summed E-state index contributed by atoms with van der Waals surface area (Å²) in [4.78, 5) is 0. The second-order valence-corrected chi connectivity index (χ2v) is 4.07. The van der Waals surface area contributed by atoms with E-state index in [1.54, 1.807) is 12.1 Å². The predicted molar refractivity (Wildman–Crippen MR) is 61.3 cm³/mol. The van der Waals surface area contributed by atoms with Crippen LogP contribution in [-0.2, 0) is 0 Å². The third-order valence-corrected chi connectivity index (χ3v) is 2.77. The first kappa shape index (κ1) is 12.1. The van der Waals surface area contributed by atoms with E-state index in [4.69, 9.17) is 23.2 Å². The summed E-state index contributed by atoms with van der Waals surface area (Å²) in [6.45, 7) is 0. The molecule has 0 saturated heterocycles. The Morgan fingerprint density at radius 3 is 2.43 bits per heavy atom. The molecule has 0 spiro atoms. The van der Waals surface area contributed by atoms with E-state index in [1.807, 2.05) is 0 Å². The highest BCUT2D eigenvalue weighted by Crippen LogP contribution is 2.28. The molecule has 5 heteroatoms. The Morgan fingerprint density at radius 2 is 1.93 bits per heavy atom. The molecule has 1 rings (SSSR count). The molecule has 2 unspecified atom stereocenters. The normalized spacial score (nSPS) is 15.2. The van der Waals surface area contributed by atoms with E-state index in [0.717, 1.165) is 0 Å². The van der Waals surface area contributed by atoms with Crippen LogP contribution in [0.25, 0.3) is 0 Å². The van der Waals surface area contributed by atoms with Crippen molar-refractivity contribution in [2.24, 2.45) is 0 Å². The van der Waals surface area contributed by atoms with Gasteiger partial charge < -0.3 is 10.2 Å². The van der Waals surface area contributed by atoms with Crippen molar-refractivity contribution >= 4 is 35.8 Å². The first-order valence-corrected chi connectivity index (χ1v) is 5.37. The Morgan fingerprint density at radius 1 is 1.29 bits per heavy atom. The minimum absolute atomic E-state index is 0.167. The van der Waals surface area contributed by atoms with Crippen LogP contribution in [0.1, 0.15) is 11.7 Å². The van der Waals surface area contributed by atoms with Gasteiger partial charge in [-0.1, -0.05) is 29.3 Å². The molecule has 0 saturated carbocycles. The van der Waals surface area contributed by atoms with Crippen LogP contribution in [-0.4, -0.2) is 22.1 Å². The van der Waals surface area contributed by atoms with Crippen molar-refractivity contribution in [1.29, 1.82) is 0 Å². The summed E-state index contributed by atoms with van der Waals surface area (Å²) >= 11 is 15.4. The number of thiol groups is 1. The van der Waals surface area contributed by atoms with Gasteiger partial charge >= 0.3 is 0 Å². The SMILES string of the molecule is OC(CS)C(O)c1ccc(Cl)cc1Cl. The maximum atomic E-state index is 9.63. The van der Waals surface area contributed by atoms with Crippen LogP contribution in [0.4, 0.5) is 0 Å². The molecule has 0 radical (unpaired) electrons. The summed E-state index contributed by atoms with van der Waals surface area (Å²) in [5.74, 6) is 0.167. The highest BCUT2D eigenvalue weighted by atomic mass is 35.5. The molecule has 0 fully saturated rings. The molecule has 14 heavy (non-hydrogen) atoms. The van der Waals surface area contributed by atoms with Gasteiger partial charge in [0.1, 0.15) is 6.10 Å². The fourth-order valence-electron chi connectivity index (χ4n) is 1.05. The van der Waals surface area contributed by atoms with E-state index in [-0.39, 0.29) is 5.75 Å². The van der Waals surface area contributed by atoms with Crippen LogP contribution in [0, 0.1) is 0 Å². The molecule has 0 aliphatic heterocycles. The molecule has 2 nitrogen and oxygen atoms in total. The van der Waals surface area contributed by atoms with Gasteiger partial charge in [0.25, 0.3) is 0 Å². The monoisotopic (exact) mass is 252 g/mol. The number of aliphatic hydroxyl groups excluding tert-OH is 2. The second kappa shape index (κ2) is 5.24. The van der Waals surface area contributed by atoms with Crippen LogP contribution < -0.4 is 0 Å². The van der Waals surface area contributed by atoms with Crippen LogP contribution in [0.3, 0.4) is 0 Å². The van der Waals surface area contributed by atoms with Crippen LogP contribution >= 0.6 is 35.8 Å². The lowest BCUT2D eigenvalue weighted by Gasteiger charge is -2.17. The molecule has 0 aliphatic carbocycles. The quantitative estimate of drug-likeness (QED) is 0.723. The molecular formula is C9H10Cl2O2S. The van der Waals surface area contributed by atoms with Crippen molar-refractivity contribution in [3.63, 3.8) is 0 Å². The van der Waals surface area contributed by atoms with E-state index in [0.29, 0.717) is 15.6 Å². The van der Waals surface area contributed by atoms with Crippen LogP contribution in [0.2, 0.25) is 10.0 Å². The average molecular weight is 253 g/mol. The molecule has 78 valence electrons. The number of aliphatic hydroxyl groups is 2. The van der Waals surface area contributed by atoms with Gasteiger partial charge in [-0.2, -0.15) is 12.6 Å². The summed E-state index contributed by atoms with van der Waals surface area (Å²) in [5.41, 5.74) is 0.456. The Bertz CT molecular complexity index is 320. The zero-order chi connectivity index (χ0) is 10.7. The number of halogens is 2. The highest BCUT2D eigenvalue weighted by Gasteiger charge is 2.19. The average Bonchev–Trinajstić information content (AvgIpc) is 2.15. The van der Waals surface area contributed by atoms with Gasteiger partial charge in [0.05, 0.1) is 6.10 Å². The largest absolute Gasteiger partial charge is 0.389 e. The lowest BCUT2D eigenvalue weighted by Crippen LogP contribution is -2.19. The Kier molecular flexibility index (Phi) is 4.54. The zero-order valence-corrected chi connectivity index (χ0v) is 9.60. The molecule has 0 bridgehead atoms. The zero-order valence-electron chi connectivity index (χ0n) is 7.19. The van der Waals surface area contributed by atoms with Crippen LogP contribution in [0.15, 0.2) is 18.2 Å². The third-order valence-electron chi connectivity index (χ3n) is 1.83. The van der Waals surface area contributed by atoms with Crippen LogP contribution in [0.5, 0.6) is 0 Å². The van der Waals surface area contributed by atoms with Gasteiger partial charge in [-0.15, -0.1) is 0 Å². The van der Waals surface area contributed by atoms with E-state index < -0.39 is 12.2 Å². The summed E-state index contributed by atoms with van der Waals surface area (Å²) in [5, 5.41) is 19.8. The smallest absolute Gasteiger partial charge is 0.107 e. The van der Waals surface area contributed by atoms with Gasteiger partial charge in [0, 0.05) is 21.4 Å². The Labute approximate surface area is 97.9 Å². The predicted octanol–water partition coefficient (Wildman–Crippen LogP) is 2.32. The maximum Gasteiger partial charge on any atom is 0.107 e. The number of benzene rings is 1. The van der Waals surface area contributed by atoms with Gasteiger partial charge in [-0.25, -0.2) is 0 Å². The molecule has 1 aromatic carbocycles. The van der Waals surface area contributed by atoms with Crippen molar-refractivity contribution in [3.8, 4) is 0 Å². The van der Waals surface area contributed by atoms with Gasteiger partial charge in [0.2, 0.25) is 0 Å². The molecule has 0 aromatic heterocycles. The maximum absolute atomic E-state index is 9.63. The van der Waals surface area contributed by atoms with Crippen molar-refractivity contribution in [2.45, 2.75) is 12.2 Å². The lowest BCUT2D eigenvalue weighted by molar-refractivity contribution is 0.0338. The number of hydrogen-bond donors (Lipinski definition) is 3. The molecule has 2 N–H and O–H groups in total. The minimum Gasteiger partial charge on any atom is -0.389 e. The molecular weight excluding hydrogens is 243 g/mol. The molecule has 0 amide bonds. The Balaban J connectivity index is 2.95.